The number of hydrogen-bond donors (Lipinski definition) is 0. The molecule has 0 radical (unpaired) electrons. The van der Waals surface area contributed by atoms with Crippen LogP contribution in [0.5, 0.6) is 0 Å². The van der Waals surface area contributed by atoms with E-state index in [1.807, 2.05) is 43.3 Å². The number of rotatable bonds is 4. The highest BCUT2D eigenvalue weighted by Gasteiger charge is 2.37. The molecule has 5 rings (SSSR count). The zero-order chi connectivity index (χ0) is 24.9. The molecule has 1 fully saturated rings. The molecule has 180 valence electrons. The van der Waals surface area contributed by atoms with E-state index in [4.69, 9.17) is 11.6 Å². The van der Waals surface area contributed by atoms with Crippen molar-refractivity contribution in [1.82, 2.24) is 9.21 Å². The number of anilines is 1. The Morgan fingerprint density at radius 2 is 1.37 bits per heavy atom. The second kappa shape index (κ2) is 8.78. The lowest BCUT2D eigenvalue weighted by molar-refractivity contribution is 0.0933. The van der Waals surface area contributed by atoms with Crippen molar-refractivity contribution < 1.29 is 18.0 Å². The van der Waals surface area contributed by atoms with Gasteiger partial charge in [0.25, 0.3) is 0 Å². The number of allylic oxidation sites excluding steroid dienone is 2. The van der Waals surface area contributed by atoms with Crippen molar-refractivity contribution in [3.8, 4) is 0 Å². The molecular weight excluding hydrogens is 486 g/mol. The first-order valence-electron chi connectivity index (χ1n) is 11.2. The number of nitrogens with zero attached hydrogens (tertiary/aromatic N) is 3. The molecule has 7 nitrogen and oxygen atoms in total. The van der Waals surface area contributed by atoms with Gasteiger partial charge in [0.1, 0.15) is 10.7 Å². The van der Waals surface area contributed by atoms with Gasteiger partial charge in [0.15, 0.2) is 0 Å². The molecule has 3 aromatic carbocycles. The SMILES string of the molecule is CN(C)c1cccc2c(S(=O)(=O)N3CCN(C4=C(Cl)C(=O)c5ccccc5C4=O)CC3)cccc12. The Kier molecular flexibility index (Phi) is 5.91. The Bertz CT molecular complexity index is 1510. The van der Waals surface area contributed by atoms with Crippen LogP contribution < -0.4 is 4.90 Å². The Labute approximate surface area is 209 Å². The zero-order valence-electron chi connectivity index (χ0n) is 19.4. The topological polar surface area (TPSA) is 78.0 Å². The number of carbonyl (C=O) groups is 2. The first-order chi connectivity index (χ1) is 16.7. The second-order valence-corrected chi connectivity index (χ2v) is 11.1. The Balaban J connectivity index is 1.43. The van der Waals surface area contributed by atoms with Crippen LogP contribution in [-0.4, -0.2) is 69.5 Å². The molecule has 9 heteroatoms. The van der Waals surface area contributed by atoms with Gasteiger partial charge in [-0.25, -0.2) is 8.42 Å². The average Bonchev–Trinajstić information content (AvgIpc) is 2.87. The number of piperazine rings is 1. The number of halogens is 1. The van der Waals surface area contributed by atoms with E-state index < -0.39 is 10.0 Å². The van der Waals surface area contributed by atoms with Crippen LogP contribution >= 0.6 is 11.6 Å². The van der Waals surface area contributed by atoms with Gasteiger partial charge in [-0.1, -0.05) is 60.1 Å². The Hall–Kier alpha value is -3.20. The molecule has 0 N–H and O–H groups in total. The van der Waals surface area contributed by atoms with Crippen molar-refractivity contribution in [2.75, 3.05) is 45.2 Å². The molecule has 0 atom stereocenters. The average molecular weight is 510 g/mol. The summed E-state index contributed by atoms with van der Waals surface area (Å²) in [7, 11) is 0.0581. The summed E-state index contributed by atoms with van der Waals surface area (Å²) in [5, 5.41) is 1.41. The molecule has 3 aromatic rings. The lowest BCUT2D eigenvalue weighted by atomic mass is 9.91. The first-order valence-corrected chi connectivity index (χ1v) is 13.1. The standard InChI is InChI=1S/C26H24ClN3O4S/c1-28(2)21-11-5-10-18-17(21)9-6-12-22(18)35(33,34)30-15-13-29(14-16-30)24-23(27)25(31)19-7-3-4-8-20(19)26(24)32/h3-12H,13-16H2,1-2H3. The molecular formula is C26H24ClN3O4S. The summed E-state index contributed by atoms with van der Waals surface area (Å²) in [5.41, 5.74) is 1.69. The number of ketones is 2. The summed E-state index contributed by atoms with van der Waals surface area (Å²) < 4.78 is 28.7. The maximum absolute atomic E-state index is 13.6. The van der Waals surface area contributed by atoms with Gasteiger partial charge >= 0.3 is 0 Å². The molecule has 1 saturated heterocycles. The number of hydrogen-bond acceptors (Lipinski definition) is 6. The number of benzene rings is 3. The fourth-order valence-corrected chi connectivity index (χ4v) is 6.72. The van der Waals surface area contributed by atoms with Crippen molar-refractivity contribution >= 4 is 49.7 Å². The minimum atomic E-state index is -3.78. The fraction of sp³-hybridized carbons (Fsp3) is 0.231. The Morgan fingerprint density at radius 1 is 0.771 bits per heavy atom. The smallest absolute Gasteiger partial charge is 0.243 e. The van der Waals surface area contributed by atoms with E-state index >= 15 is 0 Å². The van der Waals surface area contributed by atoms with Crippen molar-refractivity contribution in [2.24, 2.45) is 0 Å². The van der Waals surface area contributed by atoms with Crippen molar-refractivity contribution in [3.05, 3.63) is 82.5 Å². The van der Waals surface area contributed by atoms with Crippen LogP contribution in [0.3, 0.4) is 0 Å². The number of carbonyl (C=O) groups excluding carboxylic acids is 2. The lowest BCUT2D eigenvalue weighted by Crippen LogP contribution is -2.49. The van der Waals surface area contributed by atoms with Gasteiger partial charge < -0.3 is 9.80 Å². The molecule has 0 spiro atoms. The molecule has 1 heterocycles. The first kappa shape index (κ1) is 23.5. The second-order valence-electron chi connectivity index (χ2n) is 8.78. The van der Waals surface area contributed by atoms with E-state index in [-0.39, 0.29) is 53.4 Å². The quantitative estimate of drug-likeness (QED) is 0.533. The molecule has 0 amide bonds. The third kappa shape index (κ3) is 3.82. The predicted molar refractivity (Wildman–Crippen MR) is 137 cm³/mol. The van der Waals surface area contributed by atoms with Crippen LogP contribution in [0, 0.1) is 0 Å². The van der Waals surface area contributed by atoms with Crippen molar-refractivity contribution in [1.29, 1.82) is 0 Å². The fourth-order valence-electron chi connectivity index (χ4n) is 4.79. The summed E-state index contributed by atoms with van der Waals surface area (Å²) >= 11 is 6.35. The molecule has 2 aliphatic rings. The molecule has 35 heavy (non-hydrogen) atoms. The predicted octanol–water partition coefficient (Wildman–Crippen LogP) is 3.74. The van der Waals surface area contributed by atoms with Gasteiger partial charge in [-0.3, -0.25) is 9.59 Å². The van der Waals surface area contributed by atoms with E-state index in [2.05, 4.69) is 0 Å². The highest BCUT2D eigenvalue weighted by molar-refractivity contribution is 7.89. The van der Waals surface area contributed by atoms with Crippen molar-refractivity contribution in [2.45, 2.75) is 4.90 Å². The lowest BCUT2D eigenvalue weighted by Gasteiger charge is -2.37. The summed E-state index contributed by atoms with van der Waals surface area (Å²) in [6.45, 7) is 0.838. The van der Waals surface area contributed by atoms with Gasteiger partial charge in [0, 0.05) is 67.9 Å². The number of fused-ring (bicyclic) bond motifs is 2. The van der Waals surface area contributed by atoms with E-state index in [0.29, 0.717) is 16.5 Å². The van der Waals surface area contributed by atoms with Gasteiger partial charge in [-0.15, -0.1) is 0 Å². The van der Waals surface area contributed by atoms with Gasteiger partial charge in [0.2, 0.25) is 21.6 Å². The monoisotopic (exact) mass is 509 g/mol. The maximum Gasteiger partial charge on any atom is 0.243 e. The van der Waals surface area contributed by atoms with Gasteiger partial charge in [-0.05, 0) is 12.1 Å². The normalized spacial score (nSPS) is 17.2. The van der Waals surface area contributed by atoms with Crippen LogP contribution in [0.1, 0.15) is 20.7 Å². The summed E-state index contributed by atoms with van der Waals surface area (Å²) in [5.74, 6) is -0.703. The van der Waals surface area contributed by atoms with E-state index in [9.17, 15) is 18.0 Å². The van der Waals surface area contributed by atoms with Crippen LogP contribution in [0.25, 0.3) is 10.8 Å². The minimum absolute atomic E-state index is 0.115. The third-order valence-corrected chi connectivity index (χ3v) is 8.86. The van der Waals surface area contributed by atoms with Gasteiger partial charge in [-0.2, -0.15) is 4.31 Å². The van der Waals surface area contributed by atoms with E-state index in [0.717, 1.165) is 11.1 Å². The number of sulfonamides is 1. The van der Waals surface area contributed by atoms with Crippen LogP contribution in [0.4, 0.5) is 5.69 Å². The molecule has 1 aliphatic carbocycles. The van der Waals surface area contributed by atoms with Gasteiger partial charge in [0.05, 0.1) is 4.90 Å². The molecule has 0 bridgehead atoms. The molecule has 1 aliphatic heterocycles. The third-order valence-electron chi connectivity index (χ3n) is 6.55. The molecule has 0 unspecified atom stereocenters. The summed E-state index contributed by atoms with van der Waals surface area (Å²) in [4.78, 5) is 29.8. The highest BCUT2D eigenvalue weighted by atomic mass is 35.5. The van der Waals surface area contributed by atoms with Crippen LogP contribution in [0.2, 0.25) is 0 Å². The highest BCUT2D eigenvalue weighted by Crippen LogP contribution is 2.34. The van der Waals surface area contributed by atoms with E-state index in [1.54, 1.807) is 41.3 Å². The number of Topliss-reactive ketones (excluding diaryl/α,β-unsaturated/α-hetero) is 2. The maximum atomic E-state index is 13.6. The molecule has 0 aromatic heterocycles. The van der Waals surface area contributed by atoms with Crippen LogP contribution in [-0.2, 0) is 10.0 Å². The minimum Gasteiger partial charge on any atom is -0.377 e. The van der Waals surface area contributed by atoms with Crippen molar-refractivity contribution in [3.63, 3.8) is 0 Å². The molecule has 0 saturated carbocycles. The summed E-state index contributed by atoms with van der Waals surface area (Å²) in [6.07, 6.45) is 0. The van der Waals surface area contributed by atoms with Crippen LogP contribution in [0.15, 0.2) is 76.3 Å². The van der Waals surface area contributed by atoms with E-state index in [1.165, 1.54) is 4.31 Å². The zero-order valence-corrected chi connectivity index (χ0v) is 20.9. The summed E-state index contributed by atoms with van der Waals surface area (Å²) in [6, 6.07) is 17.5. The Morgan fingerprint density at radius 3 is 2.03 bits per heavy atom. The largest absolute Gasteiger partial charge is 0.377 e.